The fourth-order valence-corrected chi connectivity index (χ4v) is 4.62. The van der Waals surface area contributed by atoms with Gasteiger partial charge in [-0.1, -0.05) is 18.2 Å². The Morgan fingerprint density at radius 1 is 1.14 bits per heavy atom. The van der Waals surface area contributed by atoms with Crippen molar-refractivity contribution in [1.82, 2.24) is 4.98 Å². The average Bonchev–Trinajstić information content (AvgIpc) is 3.35. The number of esters is 1. The summed E-state index contributed by atoms with van der Waals surface area (Å²) < 4.78 is 30.9. The third-order valence-electron chi connectivity index (χ3n) is 5.04. The molecule has 1 N–H and O–H groups in total. The lowest BCUT2D eigenvalue weighted by atomic mass is 10.1. The zero-order chi connectivity index (χ0) is 20.6. The molecule has 3 aromatic rings. The number of carbonyl (C=O) groups is 2. The second-order valence-corrected chi connectivity index (χ2v) is 9.02. The summed E-state index contributed by atoms with van der Waals surface area (Å²) in [6, 6.07) is 14.0. The van der Waals surface area contributed by atoms with Crippen molar-refractivity contribution in [2.24, 2.45) is 0 Å². The van der Waals surface area contributed by atoms with E-state index in [0.29, 0.717) is 24.2 Å². The first-order chi connectivity index (χ1) is 13.9. The molecule has 0 fully saturated rings. The Bertz CT molecular complexity index is 1180. The number of benzene rings is 2. The van der Waals surface area contributed by atoms with Gasteiger partial charge in [0.1, 0.15) is 5.69 Å². The van der Waals surface area contributed by atoms with Gasteiger partial charge in [-0.3, -0.25) is 9.10 Å². The number of ketones is 1. The number of fused-ring (bicyclic) bond motifs is 2. The topological polar surface area (TPSA) is 96.5 Å². The van der Waals surface area contributed by atoms with Gasteiger partial charge in [0.05, 0.1) is 11.4 Å². The fourth-order valence-electron chi connectivity index (χ4n) is 3.47. The second-order valence-electron chi connectivity index (χ2n) is 6.84. The molecule has 150 valence electrons. The van der Waals surface area contributed by atoms with Crippen LogP contribution in [0.4, 0.5) is 5.69 Å². The normalized spacial score (nSPS) is 13.5. The van der Waals surface area contributed by atoms with Crippen molar-refractivity contribution < 1.29 is 22.7 Å². The monoisotopic (exact) mass is 412 g/mol. The van der Waals surface area contributed by atoms with Gasteiger partial charge in [0.25, 0.3) is 0 Å². The quantitative estimate of drug-likeness (QED) is 0.496. The number of rotatable bonds is 6. The molecule has 7 nitrogen and oxygen atoms in total. The maximum absolute atomic E-state index is 12.5. The minimum atomic E-state index is -3.33. The number of nitrogens with one attached hydrogen (secondary N) is 1. The Balaban J connectivity index is 1.45. The first-order valence-corrected chi connectivity index (χ1v) is 10.9. The largest absolute Gasteiger partial charge is 0.453 e. The highest BCUT2D eigenvalue weighted by Crippen LogP contribution is 2.31. The number of aromatic amines is 1. The Labute approximate surface area is 168 Å². The summed E-state index contributed by atoms with van der Waals surface area (Å²) in [4.78, 5) is 27.7. The number of anilines is 1. The minimum absolute atomic E-state index is 0.0246. The van der Waals surface area contributed by atoms with E-state index < -0.39 is 16.0 Å². The van der Waals surface area contributed by atoms with Crippen LogP contribution in [-0.4, -0.2) is 44.1 Å². The lowest BCUT2D eigenvalue weighted by Crippen LogP contribution is -2.30. The van der Waals surface area contributed by atoms with Crippen molar-refractivity contribution in [1.29, 1.82) is 0 Å². The minimum Gasteiger partial charge on any atom is -0.453 e. The van der Waals surface area contributed by atoms with Crippen LogP contribution in [-0.2, 0) is 21.2 Å². The Kier molecular flexibility index (Phi) is 4.87. The molecule has 2 heterocycles. The van der Waals surface area contributed by atoms with Gasteiger partial charge < -0.3 is 9.72 Å². The van der Waals surface area contributed by atoms with Crippen LogP contribution in [0.5, 0.6) is 0 Å². The maximum Gasteiger partial charge on any atom is 0.355 e. The van der Waals surface area contributed by atoms with E-state index in [-0.39, 0.29) is 23.8 Å². The number of nitrogens with zero attached hydrogens (tertiary/aromatic N) is 1. The Hall–Kier alpha value is -3.13. The van der Waals surface area contributed by atoms with Crippen LogP contribution in [0, 0.1) is 0 Å². The molecular formula is C21H20N2O5S. The molecule has 0 radical (unpaired) electrons. The number of para-hydroxylation sites is 1. The standard InChI is InChI=1S/C21H20N2O5S/c1-2-29(26,27)23-10-9-15-11-16(7-8-19(15)23)20(24)13-28-21(25)18-12-14-5-3-4-6-17(14)22-18/h3-8,11-12,22H,2,9-10,13H2,1H3. The van der Waals surface area contributed by atoms with Gasteiger partial charge in [-0.05, 0) is 49.2 Å². The van der Waals surface area contributed by atoms with Gasteiger partial charge in [-0.25, -0.2) is 13.2 Å². The molecule has 29 heavy (non-hydrogen) atoms. The van der Waals surface area contributed by atoms with Gasteiger partial charge in [0, 0.05) is 23.0 Å². The van der Waals surface area contributed by atoms with Gasteiger partial charge in [-0.2, -0.15) is 0 Å². The molecular weight excluding hydrogens is 392 g/mol. The van der Waals surface area contributed by atoms with E-state index >= 15 is 0 Å². The number of Topliss-reactive ketones (excluding diaryl/α,β-unsaturated/α-hetero) is 1. The van der Waals surface area contributed by atoms with Gasteiger partial charge >= 0.3 is 5.97 Å². The molecule has 0 saturated heterocycles. The molecule has 0 amide bonds. The number of H-pyrrole nitrogens is 1. The summed E-state index contributed by atoms with van der Waals surface area (Å²) in [5.74, 6) is -0.915. The third-order valence-corrected chi connectivity index (χ3v) is 6.82. The van der Waals surface area contributed by atoms with E-state index in [2.05, 4.69) is 4.98 Å². The first kappa shape index (κ1) is 19.2. The van der Waals surface area contributed by atoms with Crippen molar-refractivity contribution >= 4 is 38.4 Å². The van der Waals surface area contributed by atoms with E-state index in [9.17, 15) is 18.0 Å². The zero-order valence-corrected chi connectivity index (χ0v) is 16.7. The summed E-state index contributed by atoms with van der Waals surface area (Å²) in [6.45, 7) is 1.59. The lowest BCUT2D eigenvalue weighted by molar-refractivity contribution is 0.0470. The number of hydrogen-bond donors (Lipinski definition) is 1. The smallest absolute Gasteiger partial charge is 0.355 e. The van der Waals surface area contributed by atoms with E-state index in [4.69, 9.17) is 4.74 Å². The first-order valence-electron chi connectivity index (χ1n) is 9.30. The van der Waals surface area contributed by atoms with Crippen LogP contribution in [0.1, 0.15) is 33.3 Å². The number of hydrogen-bond acceptors (Lipinski definition) is 5. The molecule has 1 aliphatic heterocycles. The summed E-state index contributed by atoms with van der Waals surface area (Å²) in [6.07, 6.45) is 0.546. The summed E-state index contributed by atoms with van der Waals surface area (Å²) in [7, 11) is -3.33. The molecule has 0 atom stereocenters. The van der Waals surface area contributed by atoms with E-state index in [1.807, 2.05) is 24.3 Å². The van der Waals surface area contributed by atoms with Crippen molar-refractivity contribution in [2.75, 3.05) is 23.2 Å². The number of ether oxygens (including phenoxy) is 1. The van der Waals surface area contributed by atoms with E-state index in [1.54, 1.807) is 31.2 Å². The van der Waals surface area contributed by atoms with Crippen LogP contribution < -0.4 is 4.31 Å². The molecule has 1 aromatic heterocycles. The van der Waals surface area contributed by atoms with Crippen molar-refractivity contribution in [2.45, 2.75) is 13.3 Å². The number of carbonyl (C=O) groups excluding carboxylic acids is 2. The molecule has 4 rings (SSSR count). The van der Waals surface area contributed by atoms with Gasteiger partial charge in [0.15, 0.2) is 12.4 Å². The lowest BCUT2D eigenvalue weighted by Gasteiger charge is -2.18. The Morgan fingerprint density at radius 3 is 2.69 bits per heavy atom. The maximum atomic E-state index is 12.5. The summed E-state index contributed by atoms with van der Waals surface area (Å²) in [5, 5.41) is 0.885. The van der Waals surface area contributed by atoms with Crippen LogP contribution in [0.2, 0.25) is 0 Å². The van der Waals surface area contributed by atoms with Crippen molar-refractivity contribution in [3.8, 4) is 0 Å². The van der Waals surface area contributed by atoms with Crippen molar-refractivity contribution in [3.05, 3.63) is 65.4 Å². The molecule has 0 unspecified atom stereocenters. The van der Waals surface area contributed by atoms with Gasteiger partial charge in [-0.15, -0.1) is 0 Å². The van der Waals surface area contributed by atoms with Crippen LogP contribution in [0.3, 0.4) is 0 Å². The zero-order valence-electron chi connectivity index (χ0n) is 15.8. The van der Waals surface area contributed by atoms with E-state index in [0.717, 1.165) is 16.5 Å². The van der Waals surface area contributed by atoms with Crippen molar-refractivity contribution in [3.63, 3.8) is 0 Å². The molecule has 0 bridgehead atoms. The second kappa shape index (κ2) is 7.36. The molecule has 0 aliphatic carbocycles. The van der Waals surface area contributed by atoms with E-state index in [1.165, 1.54) is 4.31 Å². The predicted octanol–water partition coefficient (Wildman–Crippen LogP) is 2.92. The summed E-state index contributed by atoms with van der Waals surface area (Å²) in [5.41, 5.74) is 2.90. The van der Waals surface area contributed by atoms with Crippen LogP contribution >= 0.6 is 0 Å². The third kappa shape index (κ3) is 3.63. The highest BCUT2D eigenvalue weighted by molar-refractivity contribution is 7.92. The molecule has 0 saturated carbocycles. The fraction of sp³-hybridized carbons (Fsp3) is 0.238. The highest BCUT2D eigenvalue weighted by atomic mass is 32.2. The number of sulfonamides is 1. The van der Waals surface area contributed by atoms with Gasteiger partial charge in [0.2, 0.25) is 10.0 Å². The average molecular weight is 412 g/mol. The SMILES string of the molecule is CCS(=O)(=O)N1CCc2cc(C(=O)COC(=O)c3cc4ccccc4[nH]3)ccc21. The van der Waals surface area contributed by atoms with Crippen LogP contribution in [0.15, 0.2) is 48.5 Å². The van der Waals surface area contributed by atoms with Crippen LogP contribution in [0.25, 0.3) is 10.9 Å². The molecule has 1 aliphatic rings. The highest BCUT2D eigenvalue weighted by Gasteiger charge is 2.28. The Morgan fingerprint density at radius 2 is 1.93 bits per heavy atom. The number of aromatic nitrogens is 1. The summed E-state index contributed by atoms with van der Waals surface area (Å²) >= 11 is 0. The predicted molar refractivity (Wildman–Crippen MR) is 110 cm³/mol. The molecule has 8 heteroatoms. The molecule has 2 aromatic carbocycles. The molecule has 0 spiro atoms.